The molecule has 1 aliphatic carbocycles. The van der Waals surface area contributed by atoms with Gasteiger partial charge in [0.1, 0.15) is 0 Å². The quantitative estimate of drug-likeness (QED) is 0.910. The molecule has 0 bridgehead atoms. The SMILES string of the molecule is CC(C)[C@@H]1CC[C@@H](C)C[C@H]1C(=O)n1c(=O)n(C[C@H](C)N)c2ccccc21. The zero-order valence-corrected chi connectivity index (χ0v) is 16.3. The van der Waals surface area contributed by atoms with Crippen LogP contribution in [0.4, 0.5) is 0 Å². The van der Waals surface area contributed by atoms with Gasteiger partial charge in [0, 0.05) is 18.5 Å². The van der Waals surface area contributed by atoms with E-state index in [1.54, 1.807) is 4.57 Å². The van der Waals surface area contributed by atoms with Crippen LogP contribution < -0.4 is 11.4 Å². The van der Waals surface area contributed by atoms with Crippen LogP contribution in [0.3, 0.4) is 0 Å². The van der Waals surface area contributed by atoms with Crippen molar-refractivity contribution < 1.29 is 4.79 Å². The van der Waals surface area contributed by atoms with Gasteiger partial charge in [-0.05, 0) is 49.7 Å². The van der Waals surface area contributed by atoms with E-state index >= 15 is 0 Å². The lowest BCUT2D eigenvalue weighted by Crippen LogP contribution is -2.41. The average molecular weight is 357 g/mol. The van der Waals surface area contributed by atoms with E-state index in [1.165, 1.54) is 4.57 Å². The molecular formula is C21H31N3O2. The third kappa shape index (κ3) is 3.37. The number of hydrogen-bond acceptors (Lipinski definition) is 3. The first-order valence-electron chi connectivity index (χ1n) is 9.81. The molecule has 1 saturated carbocycles. The summed E-state index contributed by atoms with van der Waals surface area (Å²) in [5.41, 5.74) is 7.17. The molecule has 5 nitrogen and oxygen atoms in total. The Bertz CT molecular complexity index is 847. The summed E-state index contributed by atoms with van der Waals surface area (Å²) in [6.45, 7) is 8.86. The van der Waals surface area contributed by atoms with E-state index in [2.05, 4.69) is 20.8 Å². The van der Waals surface area contributed by atoms with Gasteiger partial charge in [-0.2, -0.15) is 0 Å². The molecule has 0 spiro atoms. The summed E-state index contributed by atoms with van der Waals surface area (Å²) in [5.74, 6) is 1.16. The molecule has 0 aliphatic heterocycles. The van der Waals surface area contributed by atoms with Gasteiger partial charge in [0.15, 0.2) is 0 Å². The Morgan fingerprint density at radius 1 is 1.19 bits per heavy atom. The van der Waals surface area contributed by atoms with E-state index in [1.807, 2.05) is 31.2 Å². The summed E-state index contributed by atoms with van der Waals surface area (Å²) in [4.78, 5) is 26.6. The predicted molar refractivity (Wildman–Crippen MR) is 105 cm³/mol. The number of nitrogens with zero attached hydrogens (tertiary/aromatic N) is 2. The molecule has 0 amide bonds. The molecule has 1 aliphatic rings. The van der Waals surface area contributed by atoms with Crippen molar-refractivity contribution in [2.75, 3.05) is 0 Å². The van der Waals surface area contributed by atoms with Gasteiger partial charge < -0.3 is 5.73 Å². The standard InChI is InChI=1S/C21H31N3O2/c1-13(2)16-10-9-14(3)11-17(16)20(25)24-19-8-6-5-7-18(19)23(21(24)26)12-15(4)22/h5-8,13-17H,9-12,22H2,1-4H3/t14-,15+,16+,17-/m1/s1. The Hall–Kier alpha value is -1.88. The lowest BCUT2D eigenvalue weighted by Gasteiger charge is -2.36. The van der Waals surface area contributed by atoms with E-state index in [-0.39, 0.29) is 23.6 Å². The normalized spacial score (nSPS) is 24.9. The van der Waals surface area contributed by atoms with Crippen molar-refractivity contribution in [2.24, 2.45) is 29.4 Å². The first-order valence-corrected chi connectivity index (χ1v) is 9.81. The maximum atomic E-state index is 13.5. The van der Waals surface area contributed by atoms with Gasteiger partial charge in [-0.15, -0.1) is 0 Å². The molecule has 142 valence electrons. The maximum absolute atomic E-state index is 13.5. The molecule has 3 rings (SSSR count). The largest absolute Gasteiger partial charge is 0.336 e. The molecule has 1 aromatic heterocycles. The molecule has 2 N–H and O–H groups in total. The average Bonchev–Trinajstić information content (AvgIpc) is 2.85. The first-order chi connectivity index (χ1) is 12.3. The summed E-state index contributed by atoms with van der Waals surface area (Å²) in [5, 5.41) is 0. The van der Waals surface area contributed by atoms with E-state index < -0.39 is 0 Å². The van der Waals surface area contributed by atoms with Crippen molar-refractivity contribution >= 4 is 16.9 Å². The molecule has 1 aromatic carbocycles. The van der Waals surface area contributed by atoms with Gasteiger partial charge in [-0.25, -0.2) is 9.36 Å². The zero-order valence-electron chi connectivity index (χ0n) is 16.3. The minimum atomic E-state index is -0.255. The van der Waals surface area contributed by atoms with Crippen LogP contribution in [0.5, 0.6) is 0 Å². The summed E-state index contributed by atoms with van der Waals surface area (Å²) < 4.78 is 3.06. The number of benzene rings is 1. The van der Waals surface area contributed by atoms with Gasteiger partial charge in [0.2, 0.25) is 5.91 Å². The molecule has 0 radical (unpaired) electrons. The van der Waals surface area contributed by atoms with Crippen molar-refractivity contribution in [3.8, 4) is 0 Å². The monoisotopic (exact) mass is 357 g/mol. The number of hydrogen-bond donors (Lipinski definition) is 1. The van der Waals surface area contributed by atoms with Crippen LogP contribution in [0, 0.1) is 23.7 Å². The third-order valence-corrected chi connectivity index (χ3v) is 5.87. The highest BCUT2D eigenvalue weighted by Crippen LogP contribution is 2.39. The number of imidazole rings is 1. The predicted octanol–water partition coefficient (Wildman–Crippen LogP) is 3.50. The lowest BCUT2D eigenvalue weighted by atomic mass is 9.69. The highest BCUT2D eigenvalue weighted by atomic mass is 16.2. The molecule has 26 heavy (non-hydrogen) atoms. The molecule has 0 unspecified atom stereocenters. The second-order valence-corrected chi connectivity index (χ2v) is 8.47. The van der Waals surface area contributed by atoms with Crippen LogP contribution in [-0.4, -0.2) is 21.1 Å². The van der Waals surface area contributed by atoms with Crippen LogP contribution in [-0.2, 0) is 6.54 Å². The maximum Gasteiger partial charge on any atom is 0.336 e. The summed E-state index contributed by atoms with van der Waals surface area (Å²) >= 11 is 0. The molecule has 1 heterocycles. The Balaban J connectivity index is 2.10. The highest BCUT2D eigenvalue weighted by molar-refractivity contribution is 5.92. The highest BCUT2D eigenvalue weighted by Gasteiger charge is 2.37. The van der Waals surface area contributed by atoms with Crippen molar-refractivity contribution in [3.63, 3.8) is 0 Å². The van der Waals surface area contributed by atoms with Crippen molar-refractivity contribution in [3.05, 3.63) is 34.7 Å². The number of para-hydroxylation sites is 2. The zero-order chi connectivity index (χ0) is 19.0. The number of carbonyl (C=O) groups is 1. The smallest absolute Gasteiger partial charge is 0.326 e. The van der Waals surface area contributed by atoms with E-state index in [0.717, 1.165) is 24.8 Å². The van der Waals surface area contributed by atoms with Crippen LogP contribution >= 0.6 is 0 Å². The first kappa shape index (κ1) is 18.9. The number of rotatable bonds is 4. The Labute approximate surface area is 155 Å². The summed E-state index contributed by atoms with van der Waals surface area (Å²) in [7, 11) is 0. The number of fused-ring (bicyclic) bond motifs is 1. The fraction of sp³-hybridized carbons (Fsp3) is 0.619. The molecule has 0 saturated heterocycles. The minimum Gasteiger partial charge on any atom is -0.326 e. The lowest BCUT2D eigenvalue weighted by molar-refractivity contribution is 0.0633. The van der Waals surface area contributed by atoms with Crippen molar-refractivity contribution in [2.45, 2.75) is 59.5 Å². The second kappa shape index (κ2) is 7.39. The van der Waals surface area contributed by atoms with Crippen LogP contribution in [0.2, 0.25) is 0 Å². The molecule has 5 heteroatoms. The van der Waals surface area contributed by atoms with Crippen LogP contribution in [0.1, 0.15) is 51.8 Å². The van der Waals surface area contributed by atoms with E-state index in [4.69, 9.17) is 5.73 Å². The topological polar surface area (TPSA) is 70.0 Å². The van der Waals surface area contributed by atoms with E-state index in [0.29, 0.717) is 29.8 Å². The van der Waals surface area contributed by atoms with Gasteiger partial charge in [-0.1, -0.05) is 39.3 Å². The molecule has 2 aromatic rings. The van der Waals surface area contributed by atoms with Crippen molar-refractivity contribution in [1.29, 1.82) is 0 Å². The van der Waals surface area contributed by atoms with Gasteiger partial charge in [0.25, 0.3) is 0 Å². The van der Waals surface area contributed by atoms with E-state index in [9.17, 15) is 9.59 Å². The van der Waals surface area contributed by atoms with Crippen LogP contribution in [0.15, 0.2) is 29.1 Å². The third-order valence-electron chi connectivity index (χ3n) is 5.87. The molecular weight excluding hydrogens is 326 g/mol. The molecule has 1 fully saturated rings. The number of aromatic nitrogens is 2. The van der Waals surface area contributed by atoms with Gasteiger partial charge in [0.05, 0.1) is 11.0 Å². The Morgan fingerprint density at radius 2 is 1.85 bits per heavy atom. The summed E-state index contributed by atoms with van der Waals surface area (Å²) in [6, 6.07) is 7.38. The van der Waals surface area contributed by atoms with Gasteiger partial charge >= 0.3 is 5.69 Å². The minimum absolute atomic E-state index is 0.0418. The Kier molecular flexibility index (Phi) is 5.37. The number of carbonyl (C=O) groups excluding carboxylic acids is 1. The summed E-state index contributed by atoms with van der Waals surface area (Å²) in [6.07, 6.45) is 3.08. The number of nitrogens with two attached hydrogens (primary N) is 1. The van der Waals surface area contributed by atoms with Crippen molar-refractivity contribution in [1.82, 2.24) is 9.13 Å². The molecule has 4 atom stereocenters. The fourth-order valence-corrected chi connectivity index (χ4v) is 4.54. The second-order valence-electron chi connectivity index (χ2n) is 8.47. The fourth-order valence-electron chi connectivity index (χ4n) is 4.54. The van der Waals surface area contributed by atoms with Crippen LogP contribution in [0.25, 0.3) is 11.0 Å². The Morgan fingerprint density at radius 3 is 2.46 bits per heavy atom. The van der Waals surface area contributed by atoms with Gasteiger partial charge in [-0.3, -0.25) is 9.36 Å².